The second kappa shape index (κ2) is 4.45. The Labute approximate surface area is 107 Å². The lowest BCUT2D eigenvalue weighted by molar-refractivity contribution is 0.625. The highest BCUT2D eigenvalue weighted by Gasteiger charge is 2.21. The molecule has 1 heterocycles. The van der Waals surface area contributed by atoms with Gasteiger partial charge in [0.2, 0.25) is 0 Å². The van der Waals surface area contributed by atoms with Crippen molar-refractivity contribution >= 4 is 5.69 Å². The molecule has 1 aliphatic rings. The van der Waals surface area contributed by atoms with Crippen LogP contribution in [0.2, 0.25) is 0 Å². The summed E-state index contributed by atoms with van der Waals surface area (Å²) in [7, 11) is 0. The summed E-state index contributed by atoms with van der Waals surface area (Å²) >= 11 is 0. The predicted octanol–water partition coefficient (Wildman–Crippen LogP) is 4.08. The number of rotatable bonds is 1. The van der Waals surface area contributed by atoms with Crippen LogP contribution in [-0.2, 0) is 0 Å². The molecule has 0 aliphatic carbocycles. The maximum atomic E-state index is 13.0. The van der Waals surface area contributed by atoms with E-state index in [1.54, 1.807) is 12.1 Å². The molecule has 1 N–H and O–H groups in total. The molecule has 0 saturated heterocycles. The van der Waals surface area contributed by atoms with Crippen molar-refractivity contribution in [2.24, 2.45) is 0 Å². The topological polar surface area (TPSA) is 12.0 Å². The van der Waals surface area contributed by atoms with Crippen molar-refractivity contribution in [3.63, 3.8) is 0 Å². The molecule has 0 radical (unpaired) electrons. The van der Waals surface area contributed by atoms with Gasteiger partial charge in [-0.15, -0.1) is 0 Å². The molecule has 1 atom stereocenters. The molecule has 1 aliphatic heterocycles. The highest BCUT2D eigenvalue weighted by molar-refractivity contribution is 5.58. The first kappa shape index (κ1) is 11.3. The van der Waals surface area contributed by atoms with Gasteiger partial charge in [-0.25, -0.2) is 4.39 Å². The number of hydrogen-bond acceptors (Lipinski definition) is 1. The van der Waals surface area contributed by atoms with Gasteiger partial charge in [0, 0.05) is 18.2 Å². The fourth-order valence-corrected chi connectivity index (χ4v) is 2.68. The molecule has 1 nitrogen and oxygen atoms in total. The zero-order valence-electron chi connectivity index (χ0n) is 10.4. The molecule has 0 amide bonds. The average Bonchev–Trinajstić information content (AvgIpc) is 2.39. The van der Waals surface area contributed by atoms with Crippen LogP contribution in [0.25, 0.3) is 0 Å². The van der Waals surface area contributed by atoms with E-state index < -0.39 is 0 Å². The quantitative estimate of drug-likeness (QED) is 0.793. The monoisotopic (exact) mass is 241 g/mol. The lowest BCUT2D eigenvalue weighted by Gasteiger charge is -2.27. The number of nitrogens with one attached hydrogen (secondary N) is 1. The molecule has 92 valence electrons. The second-order valence-electron chi connectivity index (χ2n) is 4.91. The molecule has 0 spiro atoms. The summed E-state index contributed by atoms with van der Waals surface area (Å²) < 4.78 is 13.0. The van der Waals surface area contributed by atoms with Gasteiger partial charge in [-0.2, -0.15) is 0 Å². The SMILES string of the molecule is Cc1ccc2c(c1)C(c1ccc(F)cc1)CCN2. The summed E-state index contributed by atoms with van der Waals surface area (Å²) in [6, 6.07) is 13.4. The average molecular weight is 241 g/mol. The Morgan fingerprint density at radius 1 is 1.11 bits per heavy atom. The summed E-state index contributed by atoms with van der Waals surface area (Å²) in [5, 5.41) is 3.43. The smallest absolute Gasteiger partial charge is 0.123 e. The van der Waals surface area contributed by atoms with Crippen LogP contribution in [0.4, 0.5) is 10.1 Å². The molecule has 2 aromatic rings. The number of fused-ring (bicyclic) bond motifs is 1. The number of halogens is 1. The highest BCUT2D eigenvalue weighted by atomic mass is 19.1. The van der Waals surface area contributed by atoms with Crippen LogP contribution in [0.5, 0.6) is 0 Å². The van der Waals surface area contributed by atoms with Crippen LogP contribution in [0.3, 0.4) is 0 Å². The molecular formula is C16H16FN. The Morgan fingerprint density at radius 2 is 1.89 bits per heavy atom. The third kappa shape index (κ3) is 1.99. The van der Waals surface area contributed by atoms with Crippen LogP contribution in [0.15, 0.2) is 42.5 Å². The van der Waals surface area contributed by atoms with Crippen LogP contribution < -0.4 is 5.32 Å². The minimum atomic E-state index is -0.169. The third-order valence-corrected chi connectivity index (χ3v) is 3.60. The van der Waals surface area contributed by atoms with Crippen molar-refractivity contribution in [2.45, 2.75) is 19.3 Å². The van der Waals surface area contributed by atoms with Gasteiger partial charge in [0.25, 0.3) is 0 Å². The van der Waals surface area contributed by atoms with Crippen molar-refractivity contribution in [2.75, 3.05) is 11.9 Å². The fraction of sp³-hybridized carbons (Fsp3) is 0.250. The van der Waals surface area contributed by atoms with Crippen molar-refractivity contribution in [1.82, 2.24) is 0 Å². The van der Waals surface area contributed by atoms with Gasteiger partial charge in [-0.05, 0) is 42.7 Å². The Morgan fingerprint density at radius 3 is 2.67 bits per heavy atom. The molecular weight excluding hydrogens is 225 g/mol. The highest BCUT2D eigenvalue weighted by Crippen LogP contribution is 2.36. The summed E-state index contributed by atoms with van der Waals surface area (Å²) in [6.45, 7) is 3.08. The second-order valence-corrected chi connectivity index (χ2v) is 4.91. The molecule has 3 rings (SSSR count). The van der Waals surface area contributed by atoms with E-state index in [-0.39, 0.29) is 5.82 Å². The minimum absolute atomic E-state index is 0.169. The molecule has 0 aromatic heterocycles. The van der Waals surface area contributed by atoms with Gasteiger partial charge in [0.05, 0.1) is 0 Å². The van der Waals surface area contributed by atoms with E-state index in [2.05, 4.69) is 30.4 Å². The van der Waals surface area contributed by atoms with E-state index in [4.69, 9.17) is 0 Å². The summed E-state index contributed by atoms with van der Waals surface area (Å²) in [6.07, 6.45) is 1.06. The van der Waals surface area contributed by atoms with E-state index in [0.29, 0.717) is 5.92 Å². The van der Waals surface area contributed by atoms with E-state index in [0.717, 1.165) is 13.0 Å². The van der Waals surface area contributed by atoms with Gasteiger partial charge in [0.1, 0.15) is 5.82 Å². The number of hydrogen-bond donors (Lipinski definition) is 1. The van der Waals surface area contributed by atoms with Gasteiger partial charge < -0.3 is 5.32 Å². The van der Waals surface area contributed by atoms with Crippen molar-refractivity contribution in [3.05, 3.63) is 65.0 Å². The van der Waals surface area contributed by atoms with Gasteiger partial charge in [0.15, 0.2) is 0 Å². The van der Waals surface area contributed by atoms with E-state index >= 15 is 0 Å². The molecule has 2 heteroatoms. The summed E-state index contributed by atoms with van der Waals surface area (Å²) in [5.41, 5.74) is 5.00. The van der Waals surface area contributed by atoms with Crippen LogP contribution >= 0.6 is 0 Å². The first-order valence-corrected chi connectivity index (χ1v) is 6.34. The fourth-order valence-electron chi connectivity index (χ4n) is 2.68. The van der Waals surface area contributed by atoms with E-state index in [9.17, 15) is 4.39 Å². The van der Waals surface area contributed by atoms with E-state index in [1.165, 1.54) is 22.4 Å². The lowest BCUT2D eigenvalue weighted by Crippen LogP contribution is -2.17. The van der Waals surface area contributed by atoms with Crippen molar-refractivity contribution in [3.8, 4) is 0 Å². The zero-order chi connectivity index (χ0) is 12.5. The first-order valence-electron chi connectivity index (χ1n) is 6.34. The number of aryl methyl sites for hydroxylation is 1. The standard InChI is InChI=1S/C16H16FN/c1-11-2-7-16-15(10-11)14(8-9-18-16)12-3-5-13(17)6-4-12/h2-7,10,14,18H,8-9H2,1H3. The molecule has 0 saturated carbocycles. The Hall–Kier alpha value is -1.83. The third-order valence-electron chi connectivity index (χ3n) is 3.60. The van der Waals surface area contributed by atoms with Crippen LogP contribution in [-0.4, -0.2) is 6.54 Å². The van der Waals surface area contributed by atoms with E-state index in [1.807, 2.05) is 12.1 Å². The number of anilines is 1. The molecule has 0 bridgehead atoms. The Balaban J connectivity index is 2.05. The Bertz CT molecular complexity index is 560. The maximum Gasteiger partial charge on any atom is 0.123 e. The minimum Gasteiger partial charge on any atom is -0.385 e. The predicted molar refractivity (Wildman–Crippen MR) is 72.5 cm³/mol. The van der Waals surface area contributed by atoms with Crippen LogP contribution in [0.1, 0.15) is 29.0 Å². The maximum absolute atomic E-state index is 13.0. The Kier molecular flexibility index (Phi) is 2.78. The normalized spacial score (nSPS) is 18.0. The zero-order valence-corrected chi connectivity index (χ0v) is 10.4. The summed E-state index contributed by atoms with van der Waals surface area (Å²) in [5.74, 6) is 0.207. The lowest BCUT2D eigenvalue weighted by atomic mass is 9.84. The van der Waals surface area contributed by atoms with Crippen molar-refractivity contribution < 1.29 is 4.39 Å². The molecule has 18 heavy (non-hydrogen) atoms. The molecule has 2 aromatic carbocycles. The van der Waals surface area contributed by atoms with Gasteiger partial charge in [-0.1, -0.05) is 29.8 Å². The van der Waals surface area contributed by atoms with Gasteiger partial charge >= 0.3 is 0 Å². The molecule has 1 unspecified atom stereocenters. The first-order chi connectivity index (χ1) is 8.74. The van der Waals surface area contributed by atoms with Gasteiger partial charge in [-0.3, -0.25) is 0 Å². The molecule has 0 fully saturated rings. The van der Waals surface area contributed by atoms with Crippen molar-refractivity contribution in [1.29, 1.82) is 0 Å². The largest absolute Gasteiger partial charge is 0.385 e. The number of benzene rings is 2. The van der Waals surface area contributed by atoms with Crippen LogP contribution in [0, 0.1) is 12.7 Å². The summed E-state index contributed by atoms with van der Waals surface area (Å²) in [4.78, 5) is 0.